The van der Waals surface area contributed by atoms with Crippen molar-refractivity contribution in [3.63, 3.8) is 0 Å². The number of hydrogen-bond donors (Lipinski definition) is 0. The van der Waals surface area contributed by atoms with Crippen LogP contribution in [0, 0.1) is 13.8 Å². The molecule has 0 fully saturated rings. The standard InChI is InChI=1S/C16H26N2O3S/c1-6-7-8-17(4)16(19)12-18(22(5,20)21)15-10-13(2)9-14(3)11-15/h9-11H,6-8,12H2,1-5H3. The predicted molar refractivity (Wildman–Crippen MR) is 90.7 cm³/mol. The maximum absolute atomic E-state index is 12.3. The lowest BCUT2D eigenvalue weighted by Crippen LogP contribution is -2.41. The Balaban J connectivity index is 3.03. The largest absolute Gasteiger partial charge is 0.344 e. The van der Waals surface area contributed by atoms with Crippen LogP contribution in [0.4, 0.5) is 5.69 Å². The van der Waals surface area contributed by atoms with Gasteiger partial charge in [-0.15, -0.1) is 0 Å². The molecule has 0 unspecified atom stereocenters. The molecule has 124 valence electrons. The Labute approximate surface area is 134 Å². The molecule has 0 heterocycles. The number of nitrogens with zero attached hydrogens (tertiary/aromatic N) is 2. The average molecular weight is 326 g/mol. The summed E-state index contributed by atoms with van der Waals surface area (Å²) < 4.78 is 25.3. The van der Waals surface area contributed by atoms with Crippen molar-refractivity contribution < 1.29 is 13.2 Å². The first kappa shape index (κ1) is 18.5. The molecule has 0 aliphatic carbocycles. The summed E-state index contributed by atoms with van der Waals surface area (Å²) in [6.45, 7) is 6.34. The molecule has 1 aromatic rings. The number of carbonyl (C=O) groups excluding carboxylic acids is 1. The van der Waals surface area contributed by atoms with Gasteiger partial charge in [0.25, 0.3) is 0 Å². The van der Waals surface area contributed by atoms with Gasteiger partial charge < -0.3 is 4.90 Å². The van der Waals surface area contributed by atoms with Gasteiger partial charge in [0.2, 0.25) is 15.9 Å². The molecule has 0 spiro atoms. The predicted octanol–water partition coefficient (Wildman–Crippen LogP) is 2.33. The summed E-state index contributed by atoms with van der Waals surface area (Å²) in [5.74, 6) is -0.196. The Hall–Kier alpha value is -1.56. The summed E-state index contributed by atoms with van der Waals surface area (Å²) in [7, 11) is -1.81. The summed E-state index contributed by atoms with van der Waals surface area (Å²) in [5.41, 5.74) is 2.48. The SMILES string of the molecule is CCCCN(C)C(=O)CN(c1cc(C)cc(C)c1)S(C)(=O)=O. The fraction of sp³-hybridized carbons (Fsp3) is 0.562. The Morgan fingerprint density at radius 3 is 2.14 bits per heavy atom. The average Bonchev–Trinajstić information content (AvgIpc) is 2.39. The van der Waals surface area contributed by atoms with Gasteiger partial charge in [0, 0.05) is 13.6 Å². The lowest BCUT2D eigenvalue weighted by Gasteiger charge is -2.25. The normalized spacial score (nSPS) is 11.3. The third-order valence-electron chi connectivity index (χ3n) is 3.45. The zero-order valence-corrected chi connectivity index (χ0v) is 14.9. The number of likely N-dealkylation sites (N-methyl/N-ethyl adjacent to an activating group) is 1. The number of amides is 1. The Bertz CT molecular complexity index is 606. The molecular formula is C16H26N2O3S. The Kier molecular flexibility index (Phi) is 6.41. The van der Waals surface area contributed by atoms with Crippen LogP contribution in [-0.2, 0) is 14.8 Å². The number of hydrogen-bond acceptors (Lipinski definition) is 3. The van der Waals surface area contributed by atoms with Crippen molar-refractivity contribution in [3.8, 4) is 0 Å². The van der Waals surface area contributed by atoms with Gasteiger partial charge in [0.1, 0.15) is 6.54 Å². The number of benzene rings is 1. The van der Waals surface area contributed by atoms with Gasteiger partial charge in [0.05, 0.1) is 11.9 Å². The topological polar surface area (TPSA) is 57.7 Å². The molecule has 0 aromatic heterocycles. The highest BCUT2D eigenvalue weighted by molar-refractivity contribution is 7.92. The van der Waals surface area contributed by atoms with Gasteiger partial charge >= 0.3 is 0 Å². The van der Waals surface area contributed by atoms with Crippen LogP contribution in [0.3, 0.4) is 0 Å². The summed E-state index contributed by atoms with van der Waals surface area (Å²) in [5, 5.41) is 0. The summed E-state index contributed by atoms with van der Waals surface area (Å²) in [6.07, 6.45) is 3.03. The smallest absolute Gasteiger partial charge is 0.243 e. The maximum Gasteiger partial charge on any atom is 0.243 e. The molecule has 0 bridgehead atoms. The number of aryl methyl sites for hydroxylation is 2. The molecule has 0 aliphatic heterocycles. The van der Waals surface area contributed by atoms with E-state index in [9.17, 15) is 13.2 Å². The Morgan fingerprint density at radius 2 is 1.68 bits per heavy atom. The summed E-state index contributed by atoms with van der Waals surface area (Å²) in [4.78, 5) is 13.9. The van der Waals surface area contributed by atoms with Gasteiger partial charge in [-0.25, -0.2) is 8.42 Å². The molecule has 22 heavy (non-hydrogen) atoms. The minimum atomic E-state index is -3.51. The molecule has 0 atom stereocenters. The lowest BCUT2D eigenvalue weighted by molar-refractivity contribution is -0.128. The molecule has 0 radical (unpaired) electrons. The zero-order chi connectivity index (χ0) is 16.9. The minimum absolute atomic E-state index is 0.165. The highest BCUT2D eigenvalue weighted by atomic mass is 32.2. The van der Waals surface area contributed by atoms with E-state index in [0.29, 0.717) is 12.2 Å². The molecular weight excluding hydrogens is 300 g/mol. The van der Waals surface area contributed by atoms with Crippen molar-refractivity contribution in [1.82, 2.24) is 4.90 Å². The van der Waals surface area contributed by atoms with Crippen molar-refractivity contribution >= 4 is 21.6 Å². The van der Waals surface area contributed by atoms with Crippen LogP contribution in [-0.4, -0.2) is 45.6 Å². The highest BCUT2D eigenvalue weighted by Gasteiger charge is 2.22. The number of rotatable bonds is 7. The molecule has 6 heteroatoms. The molecule has 0 N–H and O–H groups in total. The second-order valence-electron chi connectivity index (χ2n) is 5.78. The second kappa shape index (κ2) is 7.63. The highest BCUT2D eigenvalue weighted by Crippen LogP contribution is 2.21. The van der Waals surface area contributed by atoms with E-state index >= 15 is 0 Å². The first-order chi connectivity index (χ1) is 10.1. The van der Waals surface area contributed by atoms with Crippen LogP contribution in [0.15, 0.2) is 18.2 Å². The van der Waals surface area contributed by atoms with E-state index in [1.54, 1.807) is 24.1 Å². The maximum atomic E-state index is 12.3. The molecule has 1 amide bonds. The van der Waals surface area contributed by atoms with Crippen molar-refractivity contribution in [2.75, 3.05) is 30.7 Å². The first-order valence-corrected chi connectivity index (χ1v) is 9.30. The van der Waals surface area contributed by atoms with E-state index in [4.69, 9.17) is 0 Å². The van der Waals surface area contributed by atoms with Crippen molar-refractivity contribution in [3.05, 3.63) is 29.3 Å². The van der Waals surface area contributed by atoms with Crippen LogP contribution in [0.25, 0.3) is 0 Å². The lowest BCUT2D eigenvalue weighted by atomic mass is 10.1. The van der Waals surface area contributed by atoms with Crippen molar-refractivity contribution in [1.29, 1.82) is 0 Å². The van der Waals surface area contributed by atoms with E-state index in [0.717, 1.165) is 30.2 Å². The minimum Gasteiger partial charge on any atom is -0.344 e. The molecule has 5 nitrogen and oxygen atoms in total. The third kappa shape index (κ3) is 5.33. The molecule has 0 aliphatic rings. The number of sulfonamides is 1. The number of unbranched alkanes of at least 4 members (excludes halogenated alkanes) is 1. The van der Waals surface area contributed by atoms with Crippen LogP contribution in [0.2, 0.25) is 0 Å². The molecule has 1 aromatic carbocycles. The van der Waals surface area contributed by atoms with E-state index in [2.05, 4.69) is 6.92 Å². The van der Waals surface area contributed by atoms with Gasteiger partial charge in [-0.05, 0) is 43.5 Å². The fourth-order valence-corrected chi connectivity index (χ4v) is 3.09. The molecule has 1 rings (SSSR count). The van der Waals surface area contributed by atoms with E-state index in [1.165, 1.54) is 4.31 Å². The van der Waals surface area contributed by atoms with Gasteiger partial charge in [-0.3, -0.25) is 9.10 Å². The molecule has 0 saturated carbocycles. The van der Waals surface area contributed by atoms with Crippen molar-refractivity contribution in [2.45, 2.75) is 33.6 Å². The van der Waals surface area contributed by atoms with Crippen LogP contribution in [0.1, 0.15) is 30.9 Å². The quantitative estimate of drug-likeness (QED) is 0.773. The fourth-order valence-electron chi connectivity index (χ4n) is 2.26. The molecule has 0 saturated heterocycles. The van der Waals surface area contributed by atoms with Crippen LogP contribution < -0.4 is 4.31 Å². The van der Waals surface area contributed by atoms with E-state index < -0.39 is 10.0 Å². The van der Waals surface area contributed by atoms with E-state index in [1.807, 2.05) is 19.9 Å². The van der Waals surface area contributed by atoms with Gasteiger partial charge in [-0.2, -0.15) is 0 Å². The van der Waals surface area contributed by atoms with Crippen LogP contribution in [0.5, 0.6) is 0 Å². The van der Waals surface area contributed by atoms with Gasteiger partial charge in [0.15, 0.2) is 0 Å². The summed E-state index contributed by atoms with van der Waals surface area (Å²) >= 11 is 0. The zero-order valence-electron chi connectivity index (χ0n) is 14.1. The van der Waals surface area contributed by atoms with Crippen molar-refractivity contribution in [2.24, 2.45) is 0 Å². The first-order valence-electron chi connectivity index (χ1n) is 7.45. The summed E-state index contributed by atoms with van der Waals surface area (Å²) in [6, 6.07) is 5.54. The van der Waals surface area contributed by atoms with Crippen LogP contribution >= 0.6 is 0 Å². The van der Waals surface area contributed by atoms with Gasteiger partial charge in [-0.1, -0.05) is 19.4 Å². The second-order valence-corrected chi connectivity index (χ2v) is 7.69. The number of anilines is 1. The van der Waals surface area contributed by atoms with E-state index in [-0.39, 0.29) is 12.5 Å². The number of carbonyl (C=O) groups is 1. The monoisotopic (exact) mass is 326 g/mol. The third-order valence-corrected chi connectivity index (χ3v) is 4.59. The Morgan fingerprint density at radius 1 is 1.14 bits per heavy atom.